The lowest BCUT2D eigenvalue weighted by Crippen LogP contribution is -2.25. The van der Waals surface area contributed by atoms with Gasteiger partial charge in [0.15, 0.2) is 12.0 Å². The van der Waals surface area contributed by atoms with Crippen LogP contribution in [0.5, 0.6) is 11.5 Å². The molecule has 0 spiro atoms. The van der Waals surface area contributed by atoms with Crippen molar-refractivity contribution in [2.24, 2.45) is 0 Å². The topological polar surface area (TPSA) is 79.2 Å². The molecule has 3 aromatic carbocycles. The van der Waals surface area contributed by atoms with Gasteiger partial charge in [-0.05, 0) is 71.0 Å². The highest BCUT2D eigenvalue weighted by molar-refractivity contribution is 6.03. The molecule has 1 heterocycles. The summed E-state index contributed by atoms with van der Waals surface area (Å²) in [6, 6.07) is 22.3. The monoisotopic (exact) mass is 442 g/mol. The first kappa shape index (κ1) is 21.2. The van der Waals surface area contributed by atoms with Gasteiger partial charge < -0.3 is 24.8 Å². The fourth-order valence-corrected chi connectivity index (χ4v) is 4.47. The highest BCUT2D eigenvalue weighted by Crippen LogP contribution is 2.43. The summed E-state index contributed by atoms with van der Waals surface area (Å²) in [5.74, 6) is 0.486. The molecule has 3 N–H and O–H groups in total. The molecule has 1 atom stereocenters. The zero-order chi connectivity index (χ0) is 22.8. The van der Waals surface area contributed by atoms with E-state index in [0.29, 0.717) is 17.9 Å². The predicted molar refractivity (Wildman–Crippen MR) is 128 cm³/mol. The maximum atomic E-state index is 11.0. The summed E-state index contributed by atoms with van der Waals surface area (Å²) in [6.07, 6.45) is 2.76. The van der Waals surface area contributed by atoms with Crippen LogP contribution in [-0.4, -0.2) is 28.2 Å². The smallest absolute Gasteiger partial charge is 0.199 e. The van der Waals surface area contributed by atoms with E-state index in [1.54, 1.807) is 18.2 Å². The van der Waals surface area contributed by atoms with Crippen LogP contribution in [-0.2, 0) is 4.74 Å². The number of aromatic hydroxyl groups is 1. The van der Waals surface area contributed by atoms with Gasteiger partial charge in [0.2, 0.25) is 0 Å². The quantitative estimate of drug-likeness (QED) is 0.433. The number of allylic oxidation sites excluding steroid dienone is 1. The Balaban J connectivity index is 1.68. The van der Waals surface area contributed by atoms with E-state index in [1.807, 2.05) is 54.6 Å². The van der Waals surface area contributed by atoms with Gasteiger partial charge in [0.1, 0.15) is 17.3 Å². The Hall–Kier alpha value is -3.70. The number of hydrogen-bond donors (Lipinski definition) is 3. The third kappa shape index (κ3) is 4.32. The van der Waals surface area contributed by atoms with Crippen LogP contribution >= 0.6 is 0 Å². The van der Waals surface area contributed by atoms with Crippen molar-refractivity contribution in [3.8, 4) is 11.5 Å². The Morgan fingerprint density at radius 3 is 2.30 bits per heavy atom. The van der Waals surface area contributed by atoms with Gasteiger partial charge in [-0.3, -0.25) is 0 Å². The van der Waals surface area contributed by atoms with Crippen LogP contribution in [0.25, 0.3) is 16.9 Å². The van der Waals surface area contributed by atoms with Gasteiger partial charge in [-0.15, -0.1) is 0 Å². The highest BCUT2D eigenvalue weighted by Gasteiger charge is 2.26. The second kappa shape index (κ2) is 9.04. The minimum atomic E-state index is -0.311. The lowest BCUT2D eigenvalue weighted by molar-refractivity contribution is -0.105. The summed E-state index contributed by atoms with van der Waals surface area (Å²) in [6.45, 7) is 0.676. The Morgan fingerprint density at radius 2 is 1.58 bits per heavy atom. The number of benzene rings is 3. The van der Waals surface area contributed by atoms with Crippen LogP contribution < -0.4 is 4.74 Å². The van der Waals surface area contributed by atoms with Crippen LogP contribution in [0.4, 0.5) is 0 Å². The number of phenolic OH excluding ortho intramolecular Hbond substituents is 1. The summed E-state index contributed by atoms with van der Waals surface area (Å²) in [7, 11) is 0. The maximum absolute atomic E-state index is 11.0. The molecular formula is C28H26O5. The normalized spacial score (nSPS) is 18.6. The van der Waals surface area contributed by atoms with Crippen LogP contribution in [0.2, 0.25) is 0 Å². The highest BCUT2D eigenvalue weighted by atomic mass is 16.7. The average Bonchev–Trinajstić information content (AvgIpc) is 2.96. The van der Waals surface area contributed by atoms with Crippen LogP contribution in [0.1, 0.15) is 47.9 Å². The van der Waals surface area contributed by atoms with E-state index in [9.17, 15) is 15.3 Å². The van der Waals surface area contributed by atoms with Gasteiger partial charge in [-0.1, -0.05) is 42.5 Å². The number of rotatable bonds is 4. The lowest BCUT2D eigenvalue weighted by atomic mass is 9.87. The molecule has 1 fully saturated rings. The second-order valence-corrected chi connectivity index (χ2v) is 8.36. The summed E-state index contributed by atoms with van der Waals surface area (Å²) < 4.78 is 11.7. The molecule has 1 saturated heterocycles. The van der Waals surface area contributed by atoms with Gasteiger partial charge in [0, 0.05) is 18.4 Å². The number of phenols is 1. The summed E-state index contributed by atoms with van der Waals surface area (Å²) in [5.41, 5.74) is 4.86. The van der Waals surface area contributed by atoms with Crippen molar-refractivity contribution in [2.45, 2.75) is 32.0 Å². The molecule has 0 saturated carbocycles. The number of fused-ring (bicyclic) bond motifs is 1. The van der Waals surface area contributed by atoms with E-state index < -0.39 is 0 Å². The molecule has 168 valence electrons. The van der Waals surface area contributed by atoms with Crippen molar-refractivity contribution in [3.63, 3.8) is 0 Å². The van der Waals surface area contributed by atoms with E-state index >= 15 is 0 Å². The number of aliphatic hydroxyl groups is 2. The van der Waals surface area contributed by atoms with E-state index in [-0.39, 0.29) is 30.0 Å². The van der Waals surface area contributed by atoms with Crippen molar-refractivity contribution < 1.29 is 24.8 Å². The zero-order valence-corrected chi connectivity index (χ0v) is 18.2. The molecule has 1 aliphatic carbocycles. The van der Waals surface area contributed by atoms with Crippen LogP contribution in [0, 0.1) is 0 Å². The molecule has 33 heavy (non-hydrogen) atoms. The molecule has 5 heteroatoms. The number of hydrogen-bond acceptors (Lipinski definition) is 5. The summed E-state index contributed by atoms with van der Waals surface area (Å²) in [4.78, 5) is 0. The number of ether oxygens (including phenoxy) is 2. The molecule has 2 aliphatic rings. The first-order chi connectivity index (χ1) is 16.1. The molecule has 5 nitrogen and oxygen atoms in total. The standard InChI is InChI=1S/C28H26O5/c29-20-11-9-19(10-12-20)27-22-14-13-21(33-26-8-4-5-15-32-26)16-24(22)28(31)25(30)17-23(27)18-6-2-1-3-7-18/h1-3,6-7,9-14,16,26,29-31H,4-5,8,15,17H2. The van der Waals surface area contributed by atoms with Gasteiger partial charge in [-0.2, -0.15) is 0 Å². The third-order valence-electron chi connectivity index (χ3n) is 6.12. The maximum Gasteiger partial charge on any atom is 0.199 e. The minimum Gasteiger partial charge on any atom is -0.508 e. The van der Waals surface area contributed by atoms with Crippen molar-refractivity contribution in [1.82, 2.24) is 0 Å². The molecular weight excluding hydrogens is 416 g/mol. The van der Waals surface area contributed by atoms with E-state index in [0.717, 1.165) is 47.1 Å². The first-order valence-corrected chi connectivity index (χ1v) is 11.2. The van der Waals surface area contributed by atoms with Gasteiger partial charge in [0.05, 0.1) is 6.61 Å². The average molecular weight is 443 g/mol. The van der Waals surface area contributed by atoms with E-state index in [2.05, 4.69) is 0 Å². The fourth-order valence-electron chi connectivity index (χ4n) is 4.47. The Bertz CT molecular complexity index is 1200. The van der Waals surface area contributed by atoms with Crippen LogP contribution in [0.15, 0.2) is 78.6 Å². The Morgan fingerprint density at radius 1 is 0.788 bits per heavy atom. The van der Waals surface area contributed by atoms with Gasteiger partial charge in [-0.25, -0.2) is 0 Å². The Kier molecular flexibility index (Phi) is 5.80. The van der Waals surface area contributed by atoms with Crippen molar-refractivity contribution in [2.75, 3.05) is 6.61 Å². The predicted octanol–water partition coefficient (Wildman–Crippen LogP) is 6.45. The summed E-state index contributed by atoms with van der Waals surface area (Å²) in [5, 5.41) is 31.7. The molecule has 0 bridgehead atoms. The second-order valence-electron chi connectivity index (χ2n) is 8.36. The molecule has 0 amide bonds. The fraction of sp³-hybridized carbons (Fsp3) is 0.214. The largest absolute Gasteiger partial charge is 0.508 e. The molecule has 5 rings (SSSR count). The zero-order valence-electron chi connectivity index (χ0n) is 18.2. The lowest BCUT2D eigenvalue weighted by Gasteiger charge is -2.24. The Labute approximate surface area is 192 Å². The molecule has 3 aromatic rings. The van der Waals surface area contributed by atoms with Gasteiger partial charge in [0.25, 0.3) is 0 Å². The number of aliphatic hydroxyl groups excluding tert-OH is 2. The van der Waals surface area contributed by atoms with Crippen molar-refractivity contribution in [1.29, 1.82) is 0 Å². The van der Waals surface area contributed by atoms with E-state index in [1.165, 1.54) is 0 Å². The molecule has 1 aliphatic heterocycles. The first-order valence-electron chi connectivity index (χ1n) is 11.2. The van der Waals surface area contributed by atoms with Crippen LogP contribution in [0.3, 0.4) is 0 Å². The van der Waals surface area contributed by atoms with Crippen molar-refractivity contribution in [3.05, 3.63) is 101 Å². The summed E-state index contributed by atoms with van der Waals surface area (Å²) >= 11 is 0. The van der Waals surface area contributed by atoms with Crippen molar-refractivity contribution >= 4 is 16.9 Å². The van der Waals surface area contributed by atoms with Gasteiger partial charge >= 0.3 is 0 Å². The molecule has 0 aromatic heterocycles. The SMILES string of the molecule is OC1=C(O)c2cc(OC3CCCCO3)ccc2C(c2ccc(O)cc2)=C(c2ccccc2)C1. The van der Waals surface area contributed by atoms with E-state index in [4.69, 9.17) is 9.47 Å². The molecule has 1 unspecified atom stereocenters. The minimum absolute atomic E-state index is 0.102. The molecule has 0 radical (unpaired) electrons. The third-order valence-corrected chi connectivity index (χ3v) is 6.12.